The average molecular weight is 207 g/mol. The third-order valence-electron chi connectivity index (χ3n) is 1.28. The predicted octanol–water partition coefficient (Wildman–Crippen LogP) is 0.866. The van der Waals surface area contributed by atoms with Gasteiger partial charge in [-0.15, -0.1) is 0 Å². The van der Waals surface area contributed by atoms with Crippen LogP contribution in [-0.4, -0.2) is 13.9 Å². The van der Waals surface area contributed by atoms with Gasteiger partial charge in [0, 0.05) is 0 Å². The molecule has 0 aliphatic carbocycles. The number of anilines is 1. The molecule has 4 nitrogen and oxygen atoms in total. The summed E-state index contributed by atoms with van der Waals surface area (Å²) in [6.45, 7) is 0. The topological polar surface area (TPSA) is 86.4 Å². The largest absolute Gasteiger partial charge is 0.768 e. The number of halogens is 1. The van der Waals surface area contributed by atoms with E-state index in [4.69, 9.17) is 22.4 Å². The fourth-order valence-corrected chi connectivity index (χ4v) is 1.56. The van der Waals surface area contributed by atoms with Crippen LogP contribution in [0, 0.1) is 0 Å². The quantitative estimate of drug-likeness (QED) is 0.406. The molecule has 1 aromatic carbocycles. The molecule has 3 N–H and O–H groups in total. The molecule has 0 heterocycles. The Morgan fingerprint density at radius 2 is 2.17 bits per heavy atom. The lowest BCUT2D eigenvalue weighted by atomic mass is 10.3. The molecule has 66 valence electrons. The van der Waals surface area contributed by atoms with Gasteiger partial charge in [0.1, 0.15) is 0 Å². The van der Waals surface area contributed by atoms with E-state index in [1.54, 1.807) is 0 Å². The van der Waals surface area contributed by atoms with E-state index in [0.29, 0.717) is 0 Å². The monoisotopic (exact) mass is 206 g/mol. The number of nitrogens with two attached hydrogens (primary N) is 1. The van der Waals surface area contributed by atoms with Crippen molar-refractivity contribution in [3.05, 3.63) is 17.2 Å². The van der Waals surface area contributed by atoms with Crippen molar-refractivity contribution in [2.75, 3.05) is 5.73 Å². The summed E-state index contributed by atoms with van der Waals surface area (Å²) in [7, 11) is 0. The Morgan fingerprint density at radius 3 is 2.58 bits per heavy atom. The van der Waals surface area contributed by atoms with Crippen molar-refractivity contribution in [2.45, 2.75) is 4.90 Å². The van der Waals surface area contributed by atoms with Crippen molar-refractivity contribution >= 4 is 28.4 Å². The van der Waals surface area contributed by atoms with E-state index in [0.717, 1.165) is 0 Å². The minimum absolute atomic E-state index is 0.0152. The second-order valence-electron chi connectivity index (χ2n) is 2.05. The number of hydrogen-bond acceptors (Lipinski definition) is 4. The smallest absolute Gasteiger partial charge is 0.154 e. The van der Waals surface area contributed by atoms with E-state index in [2.05, 4.69) is 0 Å². The predicted molar refractivity (Wildman–Crippen MR) is 44.7 cm³/mol. The van der Waals surface area contributed by atoms with Crippen molar-refractivity contribution in [1.82, 2.24) is 0 Å². The minimum Gasteiger partial charge on any atom is -0.768 e. The zero-order valence-corrected chi connectivity index (χ0v) is 7.35. The molecular weight excluding hydrogens is 202 g/mol. The summed E-state index contributed by atoms with van der Waals surface area (Å²) < 4.78 is 21.0. The van der Waals surface area contributed by atoms with Crippen molar-refractivity contribution in [3.8, 4) is 5.75 Å². The lowest BCUT2D eigenvalue weighted by molar-refractivity contribution is 0.458. The summed E-state index contributed by atoms with van der Waals surface area (Å²) in [6, 6.07) is 2.63. The van der Waals surface area contributed by atoms with Gasteiger partial charge in [-0.3, -0.25) is 4.21 Å². The van der Waals surface area contributed by atoms with Gasteiger partial charge in [0.2, 0.25) is 0 Å². The standard InChI is InChI=1S/C6H6ClNO3S/c7-3-1-2-4(8)5(9)6(3)12(10)11/h1-2,9H,8H2,(H,10,11)/p-1. The van der Waals surface area contributed by atoms with Gasteiger partial charge in [-0.05, 0) is 23.2 Å². The highest BCUT2D eigenvalue weighted by molar-refractivity contribution is 7.79. The van der Waals surface area contributed by atoms with Crippen LogP contribution in [0.3, 0.4) is 0 Å². The zero-order chi connectivity index (χ0) is 9.30. The van der Waals surface area contributed by atoms with Crippen molar-refractivity contribution in [3.63, 3.8) is 0 Å². The van der Waals surface area contributed by atoms with Gasteiger partial charge in [-0.2, -0.15) is 0 Å². The van der Waals surface area contributed by atoms with E-state index in [1.807, 2.05) is 0 Å². The van der Waals surface area contributed by atoms with Gasteiger partial charge < -0.3 is 15.4 Å². The first-order chi connectivity index (χ1) is 5.54. The van der Waals surface area contributed by atoms with Crippen LogP contribution in [-0.2, 0) is 11.1 Å². The van der Waals surface area contributed by atoms with Gasteiger partial charge in [-0.25, -0.2) is 0 Å². The third-order valence-corrected chi connectivity index (χ3v) is 2.45. The molecule has 0 radical (unpaired) electrons. The van der Waals surface area contributed by atoms with Gasteiger partial charge in [0.05, 0.1) is 15.6 Å². The Bertz CT molecular complexity index is 342. The SMILES string of the molecule is Nc1ccc(Cl)c(S(=O)[O-])c1O. The molecule has 6 heteroatoms. The lowest BCUT2D eigenvalue weighted by Crippen LogP contribution is -1.94. The van der Waals surface area contributed by atoms with E-state index in [-0.39, 0.29) is 15.6 Å². The number of hydrogen-bond donors (Lipinski definition) is 2. The average Bonchev–Trinajstić information content (AvgIpc) is 1.97. The number of phenolic OH excluding ortho intramolecular Hbond substituents is 1. The number of phenols is 1. The first kappa shape index (κ1) is 9.31. The summed E-state index contributed by atoms with van der Waals surface area (Å²) in [5.41, 5.74) is 5.23. The highest BCUT2D eigenvalue weighted by Crippen LogP contribution is 2.33. The van der Waals surface area contributed by atoms with Crippen molar-refractivity contribution in [1.29, 1.82) is 0 Å². The molecule has 1 atom stereocenters. The number of aromatic hydroxyl groups is 1. The molecule has 0 fully saturated rings. The van der Waals surface area contributed by atoms with Gasteiger partial charge >= 0.3 is 0 Å². The van der Waals surface area contributed by atoms with Gasteiger partial charge in [-0.1, -0.05) is 11.6 Å². The Kier molecular flexibility index (Phi) is 2.56. The molecule has 1 rings (SSSR count). The second-order valence-corrected chi connectivity index (χ2v) is 3.33. The Balaban J connectivity index is 3.43. The zero-order valence-electron chi connectivity index (χ0n) is 5.78. The van der Waals surface area contributed by atoms with Crippen LogP contribution < -0.4 is 5.73 Å². The van der Waals surface area contributed by atoms with E-state index < -0.39 is 16.8 Å². The summed E-state index contributed by atoms with van der Waals surface area (Å²) in [5, 5.41) is 9.10. The van der Waals surface area contributed by atoms with Crippen LogP contribution in [0.15, 0.2) is 17.0 Å². The molecule has 0 saturated carbocycles. The number of benzene rings is 1. The highest BCUT2D eigenvalue weighted by Gasteiger charge is 2.09. The third kappa shape index (κ3) is 1.52. The molecule has 12 heavy (non-hydrogen) atoms. The first-order valence-electron chi connectivity index (χ1n) is 2.90. The number of nitrogen functional groups attached to an aromatic ring is 1. The maximum Gasteiger partial charge on any atom is 0.154 e. The molecule has 0 aliphatic heterocycles. The molecule has 0 aliphatic rings. The summed E-state index contributed by atoms with van der Waals surface area (Å²) in [6.07, 6.45) is 0. The molecule has 0 bridgehead atoms. The highest BCUT2D eigenvalue weighted by atomic mass is 35.5. The maximum atomic E-state index is 10.5. The molecule has 0 aromatic heterocycles. The van der Waals surface area contributed by atoms with Crippen LogP contribution in [0.5, 0.6) is 5.75 Å². The first-order valence-corrected chi connectivity index (χ1v) is 4.35. The van der Waals surface area contributed by atoms with E-state index in [1.165, 1.54) is 12.1 Å². The van der Waals surface area contributed by atoms with E-state index >= 15 is 0 Å². The Labute approximate surface area is 76.2 Å². The second kappa shape index (κ2) is 3.30. The van der Waals surface area contributed by atoms with E-state index in [9.17, 15) is 8.76 Å². The van der Waals surface area contributed by atoms with Crippen molar-refractivity contribution in [2.24, 2.45) is 0 Å². The molecule has 0 amide bonds. The fourth-order valence-electron chi connectivity index (χ4n) is 0.720. The Morgan fingerprint density at radius 1 is 1.58 bits per heavy atom. The molecular formula is C6H5ClNO3S-. The van der Waals surface area contributed by atoms with Gasteiger partial charge in [0.15, 0.2) is 5.75 Å². The molecule has 0 spiro atoms. The van der Waals surface area contributed by atoms with Crippen LogP contribution in [0.25, 0.3) is 0 Å². The summed E-state index contributed by atoms with van der Waals surface area (Å²) in [4.78, 5) is -0.364. The maximum absolute atomic E-state index is 10.5. The van der Waals surface area contributed by atoms with Crippen molar-refractivity contribution < 1.29 is 13.9 Å². The van der Waals surface area contributed by atoms with Crippen LogP contribution >= 0.6 is 11.6 Å². The molecule has 0 saturated heterocycles. The minimum atomic E-state index is -2.57. The summed E-state index contributed by atoms with van der Waals surface area (Å²) in [5.74, 6) is -0.504. The van der Waals surface area contributed by atoms with Gasteiger partial charge in [0.25, 0.3) is 0 Å². The summed E-state index contributed by atoms with van der Waals surface area (Å²) >= 11 is 2.91. The fraction of sp³-hybridized carbons (Fsp3) is 0. The van der Waals surface area contributed by atoms with Crippen LogP contribution in [0.1, 0.15) is 0 Å². The number of rotatable bonds is 1. The molecule has 1 unspecified atom stereocenters. The molecule has 1 aromatic rings. The van der Waals surface area contributed by atoms with Crippen LogP contribution in [0.4, 0.5) is 5.69 Å². The van der Waals surface area contributed by atoms with Crippen LogP contribution in [0.2, 0.25) is 5.02 Å². The lowest BCUT2D eigenvalue weighted by Gasteiger charge is -2.10. The normalized spacial score (nSPS) is 12.8. The Hall–Kier alpha value is -0.780.